The Bertz CT molecular complexity index is 375. The van der Waals surface area contributed by atoms with Crippen LogP contribution in [0, 0.1) is 5.92 Å². The van der Waals surface area contributed by atoms with Crippen molar-refractivity contribution in [2.75, 3.05) is 13.1 Å². The Labute approximate surface area is 103 Å². The molecule has 0 aliphatic carbocycles. The van der Waals surface area contributed by atoms with Gasteiger partial charge in [-0.05, 0) is 39.5 Å². The molecule has 0 atom stereocenters. The lowest BCUT2D eigenvalue weighted by Gasteiger charge is -2.35. The number of hydrogen-bond acceptors (Lipinski definition) is 3. The lowest BCUT2D eigenvalue weighted by atomic mass is 9.95. The van der Waals surface area contributed by atoms with E-state index in [1.807, 2.05) is 0 Å². The molecule has 17 heavy (non-hydrogen) atoms. The first-order valence-electron chi connectivity index (χ1n) is 5.86. The summed E-state index contributed by atoms with van der Waals surface area (Å²) in [7, 11) is -3.27. The number of carboxylic acids is 1. The van der Waals surface area contributed by atoms with Crippen LogP contribution in [0.5, 0.6) is 0 Å². The van der Waals surface area contributed by atoms with E-state index in [4.69, 9.17) is 5.11 Å². The molecule has 1 N–H and O–H groups in total. The maximum absolute atomic E-state index is 12.1. The molecule has 0 spiro atoms. The van der Waals surface area contributed by atoms with Crippen molar-refractivity contribution < 1.29 is 18.3 Å². The molecule has 1 saturated heterocycles. The molecule has 1 fully saturated rings. The van der Waals surface area contributed by atoms with Gasteiger partial charge in [0, 0.05) is 19.5 Å². The summed E-state index contributed by atoms with van der Waals surface area (Å²) in [4.78, 5) is 10.6. The van der Waals surface area contributed by atoms with Gasteiger partial charge >= 0.3 is 5.97 Å². The topological polar surface area (TPSA) is 74.7 Å². The highest BCUT2D eigenvalue weighted by Crippen LogP contribution is 2.27. The average Bonchev–Trinajstić information content (AvgIpc) is 2.15. The highest BCUT2D eigenvalue weighted by molar-refractivity contribution is 7.90. The Morgan fingerprint density at radius 3 is 2.12 bits per heavy atom. The second kappa shape index (κ2) is 4.94. The van der Waals surface area contributed by atoms with Crippen LogP contribution in [0.25, 0.3) is 0 Å². The van der Waals surface area contributed by atoms with Crippen LogP contribution in [-0.4, -0.2) is 41.6 Å². The first-order chi connectivity index (χ1) is 7.64. The third-order valence-corrected chi connectivity index (χ3v) is 5.74. The molecule has 0 saturated carbocycles. The van der Waals surface area contributed by atoms with Gasteiger partial charge in [0.25, 0.3) is 0 Å². The normalized spacial score (nSPS) is 20.4. The summed E-state index contributed by atoms with van der Waals surface area (Å²) in [6, 6.07) is 0. The van der Waals surface area contributed by atoms with Crippen molar-refractivity contribution in [2.45, 2.75) is 44.8 Å². The highest BCUT2D eigenvalue weighted by atomic mass is 32.2. The molecule has 5 nitrogen and oxygen atoms in total. The lowest BCUT2D eigenvalue weighted by Crippen LogP contribution is -2.46. The van der Waals surface area contributed by atoms with E-state index in [0.717, 1.165) is 0 Å². The summed E-state index contributed by atoms with van der Waals surface area (Å²) in [6.45, 7) is 5.94. The highest BCUT2D eigenvalue weighted by Gasteiger charge is 2.37. The molecule has 1 heterocycles. The molecule has 0 amide bonds. The van der Waals surface area contributed by atoms with E-state index in [-0.39, 0.29) is 12.3 Å². The van der Waals surface area contributed by atoms with Crippen LogP contribution in [0.4, 0.5) is 0 Å². The number of rotatable bonds is 3. The number of piperidine rings is 1. The van der Waals surface area contributed by atoms with Gasteiger partial charge in [0.2, 0.25) is 10.0 Å². The minimum Gasteiger partial charge on any atom is -0.481 e. The van der Waals surface area contributed by atoms with Crippen LogP contribution in [0.15, 0.2) is 0 Å². The summed E-state index contributed by atoms with van der Waals surface area (Å²) in [5.74, 6) is -0.693. The van der Waals surface area contributed by atoms with Crippen molar-refractivity contribution in [3.63, 3.8) is 0 Å². The van der Waals surface area contributed by atoms with Crippen molar-refractivity contribution in [3.05, 3.63) is 0 Å². The van der Waals surface area contributed by atoms with Crippen molar-refractivity contribution >= 4 is 16.0 Å². The predicted molar refractivity (Wildman–Crippen MR) is 65.2 cm³/mol. The van der Waals surface area contributed by atoms with Crippen LogP contribution in [0.2, 0.25) is 0 Å². The molecule has 0 aromatic rings. The van der Waals surface area contributed by atoms with Crippen molar-refractivity contribution in [3.8, 4) is 0 Å². The van der Waals surface area contributed by atoms with Gasteiger partial charge in [0.05, 0.1) is 4.75 Å². The van der Waals surface area contributed by atoms with Gasteiger partial charge in [0.1, 0.15) is 0 Å². The van der Waals surface area contributed by atoms with Gasteiger partial charge in [-0.25, -0.2) is 12.7 Å². The van der Waals surface area contributed by atoms with Crippen LogP contribution < -0.4 is 0 Å². The molecular weight excluding hydrogens is 242 g/mol. The second-order valence-corrected chi connectivity index (χ2v) is 8.25. The fourth-order valence-corrected chi connectivity index (χ4v) is 3.45. The van der Waals surface area contributed by atoms with E-state index in [0.29, 0.717) is 25.9 Å². The molecule has 1 aliphatic rings. The molecule has 0 aromatic heterocycles. The summed E-state index contributed by atoms with van der Waals surface area (Å²) in [5, 5.41) is 8.69. The number of carboxylic acid groups (broad SMARTS) is 1. The molecule has 100 valence electrons. The number of nitrogens with zero attached hydrogens (tertiary/aromatic N) is 1. The van der Waals surface area contributed by atoms with Gasteiger partial charge in [-0.1, -0.05) is 0 Å². The van der Waals surface area contributed by atoms with E-state index in [2.05, 4.69) is 0 Å². The number of sulfonamides is 1. The lowest BCUT2D eigenvalue weighted by molar-refractivity contribution is -0.138. The zero-order chi connectivity index (χ0) is 13.3. The van der Waals surface area contributed by atoms with Crippen LogP contribution >= 0.6 is 0 Å². The van der Waals surface area contributed by atoms with Crippen LogP contribution in [-0.2, 0) is 14.8 Å². The Kier molecular flexibility index (Phi) is 4.19. The van der Waals surface area contributed by atoms with Gasteiger partial charge in [-0.3, -0.25) is 4.79 Å². The molecule has 1 rings (SSSR count). The predicted octanol–water partition coefficient (Wildman–Crippen LogP) is 1.30. The standard InChI is InChI=1S/C11H21NO4S/c1-11(2,3)17(15,16)12-6-4-9(5-7-12)8-10(13)14/h9H,4-8H2,1-3H3,(H,13,14). The SMILES string of the molecule is CC(C)(C)S(=O)(=O)N1CCC(CC(=O)O)CC1. The molecular formula is C11H21NO4S. The van der Waals surface area contributed by atoms with E-state index >= 15 is 0 Å². The maximum atomic E-state index is 12.1. The maximum Gasteiger partial charge on any atom is 0.303 e. The van der Waals surface area contributed by atoms with Crippen molar-refractivity contribution in [1.82, 2.24) is 4.31 Å². The molecule has 0 unspecified atom stereocenters. The third kappa shape index (κ3) is 3.42. The number of carbonyl (C=O) groups is 1. The van der Waals surface area contributed by atoms with E-state index in [1.54, 1.807) is 20.8 Å². The zero-order valence-electron chi connectivity index (χ0n) is 10.6. The minimum absolute atomic E-state index is 0.110. The van der Waals surface area contributed by atoms with E-state index < -0.39 is 20.7 Å². The van der Waals surface area contributed by atoms with Crippen LogP contribution in [0.1, 0.15) is 40.0 Å². The average molecular weight is 263 g/mol. The number of hydrogen-bond donors (Lipinski definition) is 1. The summed E-state index contributed by atoms with van der Waals surface area (Å²) in [5.41, 5.74) is 0. The van der Waals surface area contributed by atoms with Gasteiger partial charge < -0.3 is 5.11 Å². The summed E-state index contributed by atoms with van der Waals surface area (Å²) < 4.78 is 25.0. The van der Waals surface area contributed by atoms with Gasteiger partial charge in [0.15, 0.2) is 0 Å². The Balaban J connectivity index is 2.61. The van der Waals surface area contributed by atoms with Gasteiger partial charge in [-0.2, -0.15) is 0 Å². The van der Waals surface area contributed by atoms with Gasteiger partial charge in [-0.15, -0.1) is 0 Å². The zero-order valence-corrected chi connectivity index (χ0v) is 11.5. The Morgan fingerprint density at radius 1 is 1.29 bits per heavy atom. The Hall–Kier alpha value is -0.620. The first kappa shape index (κ1) is 14.4. The van der Waals surface area contributed by atoms with E-state index in [9.17, 15) is 13.2 Å². The fourth-order valence-electron chi connectivity index (χ4n) is 1.99. The molecule has 0 bridgehead atoms. The van der Waals surface area contributed by atoms with Crippen molar-refractivity contribution in [1.29, 1.82) is 0 Å². The summed E-state index contributed by atoms with van der Waals surface area (Å²) in [6.07, 6.45) is 1.42. The van der Waals surface area contributed by atoms with Crippen LogP contribution in [0.3, 0.4) is 0 Å². The fraction of sp³-hybridized carbons (Fsp3) is 0.909. The smallest absolute Gasteiger partial charge is 0.303 e. The molecule has 0 radical (unpaired) electrons. The quantitative estimate of drug-likeness (QED) is 0.833. The molecule has 1 aliphatic heterocycles. The molecule has 0 aromatic carbocycles. The first-order valence-corrected chi connectivity index (χ1v) is 7.30. The second-order valence-electron chi connectivity index (χ2n) is 5.56. The Morgan fingerprint density at radius 2 is 1.76 bits per heavy atom. The minimum atomic E-state index is -3.27. The molecule has 6 heteroatoms. The summed E-state index contributed by atoms with van der Waals surface area (Å²) >= 11 is 0. The van der Waals surface area contributed by atoms with Crippen molar-refractivity contribution in [2.24, 2.45) is 5.92 Å². The monoisotopic (exact) mass is 263 g/mol. The largest absolute Gasteiger partial charge is 0.481 e. The van der Waals surface area contributed by atoms with E-state index in [1.165, 1.54) is 4.31 Å². The number of aliphatic carboxylic acids is 1. The third-order valence-electron chi connectivity index (χ3n) is 3.15.